The highest BCUT2D eigenvalue weighted by Crippen LogP contribution is 2.35. The van der Waals surface area contributed by atoms with Crippen LogP contribution in [0.1, 0.15) is 20.3 Å². The third kappa shape index (κ3) is 1.42. The van der Waals surface area contributed by atoms with E-state index in [9.17, 15) is 4.79 Å². The first-order valence-electron chi connectivity index (χ1n) is 4.25. The molecule has 12 heavy (non-hydrogen) atoms. The Morgan fingerprint density at radius 1 is 1.58 bits per heavy atom. The topological polar surface area (TPSA) is 43.1 Å². The maximum atomic E-state index is 11.1. The first-order chi connectivity index (χ1) is 5.60. The van der Waals surface area contributed by atoms with Gasteiger partial charge in [-0.3, -0.25) is 4.79 Å². The van der Waals surface area contributed by atoms with Gasteiger partial charge in [0.1, 0.15) is 0 Å². The van der Waals surface area contributed by atoms with Crippen molar-refractivity contribution < 1.29 is 4.79 Å². The van der Waals surface area contributed by atoms with Gasteiger partial charge in [-0.25, -0.2) is 0 Å². The summed E-state index contributed by atoms with van der Waals surface area (Å²) in [5.41, 5.74) is 5.21. The Balaban J connectivity index is 2.92. The van der Waals surface area contributed by atoms with Crippen molar-refractivity contribution in [2.24, 2.45) is 17.1 Å². The molecule has 0 aromatic rings. The Morgan fingerprint density at radius 3 is 2.67 bits per heavy atom. The van der Waals surface area contributed by atoms with Gasteiger partial charge in [-0.15, -0.1) is 0 Å². The highest BCUT2D eigenvalue weighted by molar-refractivity contribution is 5.80. The molecule has 0 spiro atoms. The van der Waals surface area contributed by atoms with E-state index in [0.29, 0.717) is 0 Å². The van der Waals surface area contributed by atoms with Crippen molar-refractivity contribution in [2.75, 3.05) is 0 Å². The van der Waals surface area contributed by atoms with Gasteiger partial charge >= 0.3 is 0 Å². The third-order valence-electron chi connectivity index (χ3n) is 2.67. The molecule has 1 amide bonds. The molecular formula is C10H15NO. The second kappa shape index (κ2) is 3.13. The zero-order chi connectivity index (χ0) is 9.19. The first kappa shape index (κ1) is 9.04. The maximum absolute atomic E-state index is 11.1. The Bertz CT molecular complexity index is 242. The van der Waals surface area contributed by atoms with Gasteiger partial charge in [-0.2, -0.15) is 0 Å². The maximum Gasteiger partial charge on any atom is 0.225 e. The molecule has 2 N–H and O–H groups in total. The fourth-order valence-corrected chi connectivity index (χ4v) is 1.53. The highest BCUT2D eigenvalue weighted by Gasteiger charge is 2.33. The number of rotatable bonds is 2. The Labute approximate surface area is 73.1 Å². The molecule has 2 atom stereocenters. The minimum atomic E-state index is -0.236. The van der Waals surface area contributed by atoms with Crippen molar-refractivity contribution in [3.63, 3.8) is 0 Å². The van der Waals surface area contributed by atoms with E-state index in [1.165, 1.54) is 0 Å². The molecule has 0 fully saturated rings. The molecular weight excluding hydrogens is 150 g/mol. The van der Waals surface area contributed by atoms with Crippen molar-refractivity contribution in [1.29, 1.82) is 0 Å². The summed E-state index contributed by atoms with van der Waals surface area (Å²) in [6, 6.07) is 0. The summed E-state index contributed by atoms with van der Waals surface area (Å²) in [6.45, 7) is 4.13. The average molecular weight is 165 g/mol. The van der Waals surface area contributed by atoms with Crippen LogP contribution in [0.2, 0.25) is 0 Å². The van der Waals surface area contributed by atoms with Gasteiger partial charge in [-0.05, 0) is 6.42 Å². The summed E-state index contributed by atoms with van der Waals surface area (Å²) >= 11 is 0. The molecule has 1 aliphatic rings. The van der Waals surface area contributed by atoms with Crippen LogP contribution >= 0.6 is 0 Å². The van der Waals surface area contributed by atoms with Crippen LogP contribution in [-0.4, -0.2) is 5.91 Å². The SMILES string of the molecule is CCC1(C)C=CC=CC1C(N)=O. The molecule has 0 saturated carbocycles. The molecule has 0 bridgehead atoms. The summed E-state index contributed by atoms with van der Waals surface area (Å²) in [5.74, 6) is -0.382. The quantitative estimate of drug-likeness (QED) is 0.664. The average Bonchev–Trinajstić information content (AvgIpc) is 2.05. The van der Waals surface area contributed by atoms with E-state index in [2.05, 4.69) is 19.9 Å². The zero-order valence-electron chi connectivity index (χ0n) is 7.58. The monoisotopic (exact) mass is 165 g/mol. The molecule has 0 heterocycles. The van der Waals surface area contributed by atoms with Crippen LogP contribution in [0, 0.1) is 11.3 Å². The third-order valence-corrected chi connectivity index (χ3v) is 2.67. The smallest absolute Gasteiger partial charge is 0.225 e. The summed E-state index contributed by atoms with van der Waals surface area (Å²) in [4.78, 5) is 11.1. The predicted molar refractivity (Wildman–Crippen MR) is 49.4 cm³/mol. The van der Waals surface area contributed by atoms with Crippen LogP contribution in [0.5, 0.6) is 0 Å². The van der Waals surface area contributed by atoms with Gasteiger partial charge in [0.05, 0.1) is 5.92 Å². The molecule has 0 saturated heterocycles. The summed E-state index contributed by atoms with van der Waals surface area (Å²) in [6.07, 6.45) is 8.73. The molecule has 1 rings (SSSR count). The van der Waals surface area contributed by atoms with Gasteiger partial charge < -0.3 is 5.73 Å². The highest BCUT2D eigenvalue weighted by atomic mass is 16.1. The number of carbonyl (C=O) groups is 1. The second-order valence-corrected chi connectivity index (χ2v) is 3.48. The van der Waals surface area contributed by atoms with E-state index in [1.54, 1.807) is 0 Å². The first-order valence-corrected chi connectivity index (χ1v) is 4.25. The van der Waals surface area contributed by atoms with Crippen LogP contribution in [0.15, 0.2) is 24.3 Å². The standard InChI is InChI=1S/C10H15NO/c1-3-10(2)7-5-4-6-8(10)9(11)12/h4-8H,3H2,1-2H3,(H2,11,12). The van der Waals surface area contributed by atoms with E-state index >= 15 is 0 Å². The van der Waals surface area contributed by atoms with E-state index in [4.69, 9.17) is 5.73 Å². The molecule has 0 aromatic carbocycles. The van der Waals surface area contributed by atoms with E-state index < -0.39 is 0 Å². The van der Waals surface area contributed by atoms with Crippen molar-refractivity contribution in [1.82, 2.24) is 0 Å². The van der Waals surface area contributed by atoms with Gasteiger partial charge in [0, 0.05) is 5.41 Å². The fourth-order valence-electron chi connectivity index (χ4n) is 1.53. The lowest BCUT2D eigenvalue weighted by molar-refractivity contribution is -0.122. The molecule has 2 nitrogen and oxygen atoms in total. The Hall–Kier alpha value is -1.05. The van der Waals surface area contributed by atoms with E-state index in [1.807, 2.05) is 18.2 Å². The van der Waals surface area contributed by atoms with Gasteiger partial charge in [0.15, 0.2) is 0 Å². The minimum Gasteiger partial charge on any atom is -0.369 e. The van der Waals surface area contributed by atoms with Crippen LogP contribution in [0.3, 0.4) is 0 Å². The number of primary amides is 1. The number of nitrogens with two attached hydrogens (primary N) is 1. The molecule has 1 aliphatic carbocycles. The van der Waals surface area contributed by atoms with Crippen molar-refractivity contribution in [3.8, 4) is 0 Å². The lowest BCUT2D eigenvalue weighted by Gasteiger charge is -2.31. The van der Waals surface area contributed by atoms with Crippen LogP contribution in [0.25, 0.3) is 0 Å². The van der Waals surface area contributed by atoms with E-state index in [-0.39, 0.29) is 17.2 Å². The normalized spacial score (nSPS) is 33.7. The Kier molecular flexibility index (Phi) is 2.36. The number of amides is 1. The minimum absolute atomic E-state index is 0.0828. The summed E-state index contributed by atoms with van der Waals surface area (Å²) in [7, 11) is 0. The molecule has 0 aromatic heterocycles. The predicted octanol–water partition coefficient (Wildman–Crippen LogP) is 1.63. The molecule has 66 valence electrons. The fraction of sp³-hybridized carbons (Fsp3) is 0.500. The van der Waals surface area contributed by atoms with Crippen LogP contribution < -0.4 is 5.73 Å². The van der Waals surface area contributed by atoms with Crippen LogP contribution in [0.4, 0.5) is 0 Å². The lowest BCUT2D eigenvalue weighted by Crippen LogP contribution is -2.35. The largest absolute Gasteiger partial charge is 0.369 e. The summed E-state index contributed by atoms with van der Waals surface area (Å²) < 4.78 is 0. The number of allylic oxidation sites excluding steroid dienone is 3. The zero-order valence-corrected chi connectivity index (χ0v) is 7.58. The molecule has 2 heteroatoms. The van der Waals surface area contributed by atoms with Gasteiger partial charge in [0.25, 0.3) is 0 Å². The second-order valence-electron chi connectivity index (χ2n) is 3.48. The Morgan fingerprint density at radius 2 is 2.25 bits per heavy atom. The van der Waals surface area contributed by atoms with Gasteiger partial charge in [-0.1, -0.05) is 38.2 Å². The number of carbonyl (C=O) groups excluding carboxylic acids is 1. The summed E-state index contributed by atoms with van der Waals surface area (Å²) in [5, 5.41) is 0. The number of hydrogen-bond donors (Lipinski definition) is 1. The molecule has 0 radical (unpaired) electrons. The molecule has 0 aliphatic heterocycles. The number of hydrogen-bond acceptors (Lipinski definition) is 1. The van der Waals surface area contributed by atoms with Crippen molar-refractivity contribution in [3.05, 3.63) is 24.3 Å². The van der Waals surface area contributed by atoms with Crippen molar-refractivity contribution >= 4 is 5.91 Å². The van der Waals surface area contributed by atoms with Crippen molar-refractivity contribution in [2.45, 2.75) is 20.3 Å². The molecule has 2 unspecified atom stereocenters. The lowest BCUT2D eigenvalue weighted by atomic mass is 9.72. The van der Waals surface area contributed by atoms with Crippen LogP contribution in [-0.2, 0) is 4.79 Å². The van der Waals surface area contributed by atoms with E-state index in [0.717, 1.165) is 6.42 Å². The van der Waals surface area contributed by atoms with Gasteiger partial charge in [0.2, 0.25) is 5.91 Å².